The predicted octanol–water partition coefficient (Wildman–Crippen LogP) is 3.84. The Labute approximate surface area is 178 Å². The van der Waals surface area contributed by atoms with Crippen LogP contribution in [0.1, 0.15) is 17.7 Å². The van der Waals surface area contributed by atoms with Gasteiger partial charge in [0.15, 0.2) is 6.61 Å². The van der Waals surface area contributed by atoms with Gasteiger partial charge in [0.05, 0.1) is 4.34 Å². The molecule has 0 atom stereocenters. The Bertz CT molecular complexity index is 889. The number of halogens is 1. The smallest absolute Gasteiger partial charge is 0.331 e. The van der Waals surface area contributed by atoms with Crippen LogP contribution in [0.25, 0.3) is 6.08 Å². The molecule has 1 saturated heterocycles. The van der Waals surface area contributed by atoms with Crippen LogP contribution in [0.15, 0.2) is 48.5 Å². The maximum absolute atomic E-state index is 12.4. The number of piperidine rings is 1. The van der Waals surface area contributed by atoms with Crippen molar-refractivity contribution in [3.05, 3.63) is 57.8 Å². The van der Waals surface area contributed by atoms with E-state index in [9.17, 15) is 14.4 Å². The van der Waals surface area contributed by atoms with Gasteiger partial charge in [-0.15, -0.1) is 11.3 Å². The number of hydrogen-bond donors (Lipinski definition) is 1. The number of carbonyl (C=O) groups is 3. The van der Waals surface area contributed by atoms with Gasteiger partial charge >= 0.3 is 5.97 Å². The number of anilines is 1. The molecular formula is C21H21ClN2O4S. The summed E-state index contributed by atoms with van der Waals surface area (Å²) in [6, 6.07) is 12.8. The summed E-state index contributed by atoms with van der Waals surface area (Å²) in [4.78, 5) is 38.8. The number of nitrogens with zero attached hydrogens (tertiary/aromatic N) is 1. The largest absolute Gasteiger partial charge is 0.452 e. The molecule has 1 N–H and O–H groups in total. The molecule has 2 heterocycles. The van der Waals surface area contributed by atoms with Crippen LogP contribution in [0.3, 0.4) is 0 Å². The third-order valence-electron chi connectivity index (χ3n) is 4.58. The molecular weight excluding hydrogens is 412 g/mol. The van der Waals surface area contributed by atoms with E-state index in [2.05, 4.69) is 5.32 Å². The number of benzene rings is 1. The van der Waals surface area contributed by atoms with Crippen molar-refractivity contribution < 1.29 is 19.1 Å². The minimum absolute atomic E-state index is 0.0338. The molecule has 0 unspecified atom stereocenters. The Kier molecular flexibility index (Phi) is 7.43. The minimum Gasteiger partial charge on any atom is -0.452 e. The van der Waals surface area contributed by atoms with Crippen LogP contribution in [-0.2, 0) is 19.1 Å². The van der Waals surface area contributed by atoms with Crippen molar-refractivity contribution in [2.45, 2.75) is 12.8 Å². The molecule has 0 radical (unpaired) electrons. The zero-order valence-electron chi connectivity index (χ0n) is 15.7. The molecule has 2 aromatic rings. The van der Waals surface area contributed by atoms with Gasteiger partial charge in [-0.2, -0.15) is 0 Å². The summed E-state index contributed by atoms with van der Waals surface area (Å²) in [6.07, 6.45) is 4.03. The number of esters is 1. The summed E-state index contributed by atoms with van der Waals surface area (Å²) < 4.78 is 5.65. The van der Waals surface area contributed by atoms with Gasteiger partial charge in [-0.25, -0.2) is 4.79 Å². The highest BCUT2D eigenvalue weighted by molar-refractivity contribution is 7.17. The zero-order valence-corrected chi connectivity index (χ0v) is 17.2. The molecule has 6 nitrogen and oxygen atoms in total. The highest BCUT2D eigenvalue weighted by atomic mass is 35.5. The molecule has 1 aliphatic rings. The monoisotopic (exact) mass is 432 g/mol. The van der Waals surface area contributed by atoms with Crippen LogP contribution in [0.2, 0.25) is 4.34 Å². The molecule has 0 aliphatic carbocycles. The normalized spacial score (nSPS) is 14.7. The Morgan fingerprint density at radius 2 is 1.86 bits per heavy atom. The van der Waals surface area contributed by atoms with Gasteiger partial charge in [-0.3, -0.25) is 9.59 Å². The van der Waals surface area contributed by atoms with Crippen molar-refractivity contribution in [3.8, 4) is 0 Å². The van der Waals surface area contributed by atoms with Gasteiger partial charge in [-0.1, -0.05) is 29.8 Å². The number of rotatable bonds is 6. The fourth-order valence-corrected chi connectivity index (χ4v) is 3.96. The third-order valence-corrected chi connectivity index (χ3v) is 5.77. The molecule has 1 aliphatic heterocycles. The molecule has 0 saturated carbocycles. The fraction of sp³-hybridized carbons (Fsp3) is 0.286. The molecule has 0 bridgehead atoms. The number of nitrogens with one attached hydrogen (secondary N) is 1. The summed E-state index contributed by atoms with van der Waals surface area (Å²) in [6.45, 7) is 0.620. The molecule has 3 rings (SSSR count). The molecule has 152 valence electrons. The summed E-state index contributed by atoms with van der Waals surface area (Å²) >= 11 is 7.17. The number of ether oxygens (including phenoxy) is 1. The lowest BCUT2D eigenvalue weighted by Gasteiger charge is -2.31. The third kappa shape index (κ3) is 6.44. The Morgan fingerprint density at radius 3 is 2.52 bits per heavy atom. The predicted molar refractivity (Wildman–Crippen MR) is 114 cm³/mol. The van der Waals surface area contributed by atoms with Gasteiger partial charge in [0.25, 0.3) is 5.91 Å². The minimum atomic E-state index is -0.583. The van der Waals surface area contributed by atoms with Crippen molar-refractivity contribution in [1.29, 1.82) is 0 Å². The molecule has 29 heavy (non-hydrogen) atoms. The lowest BCUT2D eigenvalue weighted by molar-refractivity contribution is -0.149. The molecule has 1 aromatic heterocycles. The van der Waals surface area contributed by atoms with Crippen molar-refractivity contribution in [1.82, 2.24) is 4.90 Å². The number of thiophene rings is 1. The molecule has 2 amide bonds. The van der Waals surface area contributed by atoms with Gasteiger partial charge in [0, 0.05) is 35.6 Å². The average Bonchev–Trinajstić information content (AvgIpc) is 3.16. The molecule has 1 fully saturated rings. The van der Waals surface area contributed by atoms with E-state index in [0.717, 1.165) is 10.6 Å². The standard InChI is InChI=1S/C21H21ClN2O4S/c22-18-8-6-17(29-18)7-9-20(26)28-14-19(25)24-12-10-15(11-13-24)21(27)23-16-4-2-1-3-5-16/h1-9,15H,10-14H2,(H,23,27)/b9-7+. The van der Waals surface area contributed by atoms with E-state index in [1.165, 1.54) is 17.4 Å². The first-order valence-electron chi connectivity index (χ1n) is 9.25. The van der Waals surface area contributed by atoms with Crippen molar-refractivity contribution in [2.75, 3.05) is 25.0 Å². The average molecular weight is 433 g/mol. The first-order valence-corrected chi connectivity index (χ1v) is 10.4. The second-order valence-corrected chi connectivity index (χ2v) is 8.34. The van der Waals surface area contributed by atoms with Crippen molar-refractivity contribution >= 4 is 52.5 Å². The zero-order chi connectivity index (χ0) is 20.6. The summed E-state index contributed by atoms with van der Waals surface area (Å²) in [5.41, 5.74) is 0.765. The molecule has 8 heteroatoms. The van der Waals surface area contributed by atoms with E-state index in [0.29, 0.717) is 30.3 Å². The van der Waals surface area contributed by atoms with Crippen LogP contribution in [0, 0.1) is 5.92 Å². The SMILES string of the molecule is O=C(/C=C/c1ccc(Cl)s1)OCC(=O)N1CCC(C(=O)Nc2ccccc2)CC1. The van der Waals surface area contributed by atoms with E-state index in [1.807, 2.05) is 30.3 Å². The van der Waals surface area contributed by atoms with Crippen LogP contribution < -0.4 is 5.32 Å². The number of amides is 2. The Balaban J connectivity index is 1.38. The second-order valence-electron chi connectivity index (χ2n) is 6.59. The first-order chi connectivity index (χ1) is 14.0. The number of para-hydroxylation sites is 1. The van der Waals surface area contributed by atoms with Gasteiger partial charge in [0.1, 0.15) is 0 Å². The first kappa shape index (κ1) is 21.1. The van der Waals surface area contributed by atoms with Crippen LogP contribution in [0.4, 0.5) is 5.69 Å². The van der Waals surface area contributed by atoms with Gasteiger partial charge < -0.3 is 15.0 Å². The highest BCUT2D eigenvalue weighted by Gasteiger charge is 2.27. The fourth-order valence-electron chi connectivity index (χ4n) is 3.00. The maximum Gasteiger partial charge on any atom is 0.331 e. The quantitative estimate of drug-likeness (QED) is 0.556. The van der Waals surface area contributed by atoms with E-state index < -0.39 is 5.97 Å². The van der Waals surface area contributed by atoms with E-state index in [-0.39, 0.29) is 24.3 Å². The van der Waals surface area contributed by atoms with E-state index >= 15 is 0 Å². The highest BCUT2D eigenvalue weighted by Crippen LogP contribution is 2.22. The van der Waals surface area contributed by atoms with E-state index in [1.54, 1.807) is 23.1 Å². The Morgan fingerprint density at radius 1 is 1.14 bits per heavy atom. The van der Waals surface area contributed by atoms with Crippen LogP contribution in [-0.4, -0.2) is 42.4 Å². The maximum atomic E-state index is 12.4. The summed E-state index contributed by atoms with van der Waals surface area (Å²) in [7, 11) is 0. The van der Waals surface area contributed by atoms with E-state index in [4.69, 9.17) is 16.3 Å². The lowest BCUT2D eigenvalue weighted by atomic mass is 9.95. The van der Waals surface area contributed by atoms with Crippen LogP contribution >= 0.6 is 22.9 Å². The molecule has 0 spiro atoms. The number of likely N-dealkylation sites (tertiary alicyclic amines) is 1. The van der Waals surface area contributed by atoms with Crippen molar-refractivity contribution in [2.24, 2.45) is 5.92 Å². The topological polar surface area (TPSA) is 75.7 Å². The summed E-state index contributed by atoms with van der Waals surface area (Å²) in [5.74, 6) is -1.01. The van der Waals surface area contributed by atoms with Crippen LogP contribution in [0.5, 0.6) is 0 Å². The molecule has 1 aromatic carbocycles. The van der Waals surface area contributed by atoms with Gasteiger partial charge in [-0.05, 0) is 43.2 Å². The summed E-state index contributed by atoms with van der Waals surface area (Å²) in [5, 5.41) is 2.90. The lowest BCUT2D eigenvalue weighted by Crippen LogP contribution is -2.43. The Hall–Kier alpha value is -2.64. The number of hydrogen-bond acceptors (Lipinski definition) is 5. The van der Waals surface area contributed by atoms with Crippen molar-refractivity contribution in [3.63, 3.8) is 0 Å². The van der Waals surface area contributed by atoms with Gasteiger partial charge in [0.2, 0.25) is 5.91 Å². The number of carbonyl (C=O) groups excluding carboxylic acids is 3. The second kappa shape index (κ2) is 10.2.